The van der Waals surface area contributed by atoms with Crippen LogP contribution in [0.3, 0.4) is 0 Å². The predicted molar refractivity (Wildman–Crippen MR) is 114 cm³/mol. The zero-order valence-corrected chi connectivity index (χ0v) is 18.2. The van der Waals surface area contributed by atoms with Crippen LogP contribution < -0.4 is 0 Å². The molecule has 0 aromatic heterocycles. The van der Waals surface area contributed by atoms with Gasteiger partial charge in [0.2, 0.25) is 0 Å². The Morgan fingerprint density at radius 1 is 0.618 bits per heavy atom. The van der Waals surface area contributed by atoms with Gasteiger partial charge in [-0.15, -0.1) is 0 Å². The summed E-state index contributed by atoms with van der Waals surface area (Å²) in [5.74, 6) is -8.54. The fraction of sp³-hybridized carbons (Fsp3) is 0.240. The molecular formula is C25H18O9. The van der Waals surface area contributed by atoms with Crippen molar-refractivity contribution in [1.29, 1.82) is 0 Å². The van der Waals surface area contributed by atoms with Gasteiger partial charge in [-0.2, -0.15) is 0 Å². The Morgan fingerprint density at radius 2 is 0.971 bits per heavy atom. The fourth-order valence-electron chi connectivity index (χ4n) is 4.11. The monoisotopic (exact) mass is 462 g/mol. The van der Waals surface area contributed by atoms with Crippen molar-refractivity contribution in [2.75, 3.05) is 13.2 Å². The van der Waals surface area contributed by atoms with E-state index >= 15 is 0 Å². The minimum atomic E-state index is -1.59. The second-order valence-corrected chi connectivity index (χ2v) is 7.68. The van der Waals surface area contributed by atoms with Crippen LogP contribution in [0.4, 0.5) is 0 Å². The van der Waals surface area contributed by atoms with Crippen LogP contribution in [0.2, 0.25) is 0 Å². The summed E-state index contributed by atoms with van der Waals surface area (Å²) in [7, 11) is 0. The number of carbonyl (C=O) groups excluding carboxylic acids is 7. The van der Waals surface area contributed by atoms with Crippen LogP contribution in [0, 0.1) is 11.8 Å². The first-order valence-corrected chi connectivity index (χ1v) is 10.5. The number of fused-ring (bicyclic) bond motifs is 2. The third-order valence-electron chi connectivity index (χ3n) is 5.72. The number of Topliss-reactive ketones (excluding diaryl/α,β-unsaturated/α-hetero) is 4. The van der Waals surface area contributed by atoms with E-state index in [1.165, 1.54) is 36.4 Å². The van der Waals surface area contributed by atoms with Gasteiger partial charge in [0, 0.05) is 33.4 Å². The first kappa shape index (κ1) is 22.9. The van der Waals surface area contributed by atoms with E-state index in [9.17, 15) is 33.6 Å². The van der Waals surface area contributed by atoms with Gasteiger partial charge in [-0.3, -0.25) is 33.6 Å². The van der Waals surface area contributed by atoms with Crippen LogP contribution in [-0.4, -0.2) is 54.1 Å². The minimum absolute atomic E-state index is 0.00650. The summed E-state index contributed by atoms with van der Waals surface area (Å²) in [5, 5.41) is 0. The smallest absolute Gasteiger partial charge is 0.324 e. The molecule has 0 spiro atoms. The molecule has 0 N–H and O–H groups in total. The Morgan fingerprint density at radius 3 is 1.32 bits per heavy atom. The van der Waals surface area contributed by atoms with Gasteiger partial charge in [0.15, 0.2) is 40.8 Å². The summed E-state index contributed by atoms with van der Waals surface area (Å²) in [6.45, 7) is 3.12. The molecule has 0 fully saturated rings. The molecule has 0 saturated carbocycles. The Labute approximate surface area is 193 Å². The van der Waals surface area contributed by atoms with Crippen LogP contribution >= 0.6 is 0 Å². The molecule has 34 heavy (non-hydrogen) atoms. The Balaban J connectivity index is 1.65. The van der Waals surface area contributed by atoms with Gasteiger partial charge in [0.1, 0.15) is 0 Å². The standard InChI is InChI=1S/C25H18O9/c1-3-33-24(31)17-20(27)13-7-5-11(9-15(13)22(17)29)19(26)12-6-8-14-16(10-12)23(30)18(21(14)28)25(32)34-4-2/h5-10,17-18H,3-4H2,1-2H3. The molecule has 2 unspecified atom stereocenters. The lowest BCUT2D eigenvalue weighted by Gasteiger charge is -2.06. The summed E-state index contributed by atoms with van der Waals surface area (Å²) < 4.78 is 9.61. The molecule has 0 aliphatic heterocycles. The van der Waals surface area contributed by atoms with Gasteiger partial charge in [-0.05, 0) is 38.1 Å². The molecule has 4 rings (SSSR count). The number of ketones is 5. The van der Waals surface area contributed by atoms with Crippen molar-refractivity contribution in [2.45, 2.75) is 13.8 Å². The molecule has 2 aliphatic rings. The highest BCUT2D eigenvalue weighted by atomic mass is 16.5. The summed E-state index contributed by atoms with van der Waals surface area (Å²) in [5.41, 5.74) is -0.00301. The number of ether oxygens (including phenoxy) is 2. The van der Waals surface area contributed by atoms with Gasteiger partial charge in [0.25, 0.3) is 0 Å². The summed E-state index contributed by atoms with van der Waals surface area (Å²) in [6, 6.07) is 7.70. The zero-order chi connectivity index (χ0) is 24.7. The van der Waals surface area contributed by atoms with Crippen molar-refractivity contribution in [3.05, 3.63) is 69.8 Å². The highest BCUT2D eigenvalue weighted by Gasteiger charge is 2.46. The average molecular weight is 462 g/mol. The quantitative estimate of drug-likeness (QED) is 0.358. The summed E-state index contributed by atoms with van der Waals surface area (Å²) in [6.07, 6.45) is 0. The van der Waals surface area contributed by atoms with Crippen molar-refractivity contribution >= 4 is 40.9 Å². The van der Waals surface area contributed by atoms with Crippen molar-refractivity contribution in [3.8, 4) is 0 Å². The number of hydrogen-bond donors (Lipinski definition) is 0. The van der Waals surface area contributed by atoms with E-state index in [-0.39, 0.29) is 46.6 Å². The third kappa shape index (κ3) is 3.45. The van der Waals surface area contributed by atoms with Crippen LogP contribution in [0.15, 0.2) is 36.4 Å². The normalized spacial score (nSPS) is 18.5. The van der Waals surface area contributed by atoms with E-state index in [4.69, 9.17) is 9.47 Å². The number of rotatable bonds is 6. The highest BCUT2D eigenvalue weighted by Crippen LogP contribution is 2.31. The molecule has 0 amide bonds. The molecule has 0 heterocycles. The van der Waals surface area contributed by atoms with Gasteiger partial charge in [-0.1, -0.05) is 12.1 Å². The SMILES string of the molecule is CCOC(=O)C1C(=O)c2ccc(C(=O)c3ccc4c(c3)C(=O)C(C(=O)OCC)C4=O)cc2C1=O. The number of carbonyl (C=O) groups is 7. The van der Waals surface area contributed by atoms with Crippen molar-refractivity contribution in [3.63, 3.8) is 0 Å². The molecule has 172 valence electrons. The predicted octanol–water partition coefficient (Wildman–Crippen LogP) is 2.03. The molecule has 0 bridgehead atoms. The van der Waals surface area contributed by atoms with Gasteiger partial charge < -0.3 is 9.47 Å². The lowest BCUT2D eigenvalue weighted by Crippen LogP contribution is -2.27. The summed E-state index contributed by atoms with van der Waals surface area (Å²) in [4.78, 5) is 87.4. The first-order chi connectivity index (χ1) is 16.2. The molecule has 9 nitrogen and oxygen atoms in total. The van der Waals surface area contributed by atoms with Crippen LogP contribution in [-0.2, 0) is 19.1 Å². The molecular weight excluding hydrogens is 444 g/mol. The van der Waals surface area contributed by atoms with E-state index < -0.39 is 52.7 Å². The fourth-order valence-corrected chi connectivity index (χ4v) is 4.11. The third-order valence-corrected chi connectivity index (χ3v) is 5.72. The maximum absolute atomic E-state index is 13.1. The van der Waals surface area contributed by atoms with E-state index in [0.717, 1.165) is 0 Å². The van der Waals surface area contributed by atoms with Crippen LogP contribution in [0.5, 0.6) is 0 Å². The van der Waals surface area contributed by atoms with E-state index in [1.807, 2.05) is 0 Å². The molecule has 2 aliphatic carbocycles. The maximum Gasteiger partial charge on any atom is 0.324 e. The Hall–Kier alpha value is -4.27. The molecule has 2 atom stereocenters. The highest BCUT2D eigenvalue weighted by molar-refractivity contribution is 6.36. The molecule has 0 saturated heterocycles. The van der Waals surface area contributed by atoms with Gasteiger partial charge in [0.05, 0.1) is 13.2 Å². The van der Waals surface area contributed by atoms with Gasteiger partial charge in [-0.25, -0.2) is 0 Å². The average Bonchev–Trinajstić information content (AvgIpc) is 3.22. The number of benzene rings is 2. The van der Waals surface area contributed by atoms with Crippen molar-refractivity contribution in [1.82, 2.24) is 0 Å². The van der Waals surface area contributed by atoms with Crippen molar-refractivity contribution < 1.29 is 43.0 Å². The zero-order valence-electron chi connectivity index (χ0n) is 18.2. The van der Waals surface area contributed by atoms with E-state index in [2.05, 4.69) is 0 Å². The second kappa shape index (κ2) is 8.58. The second-order valence-electron chi connectivity index (χ2n) is 7.68. The molecule has 9 heteroatoms. The topological polar surface area (TPSA) is 138 Å². The van der Waals surface area contributed by atoms with E-state index in [1.54, 1.807) is 13.8 Å². The molecule has 0 radical (unpaired) electrons. The molecule has 2 aromatic rings. The Kier molecular flexibility index (Phi) is 5.78. The summed E-state index contributed by atoms with van der Waals surface area (Å²) >= 11 is 0. The van der Waals surface area contributed by atoms with Gasteiger partial charge >= 0.3 is 11.9 Å². The van der Waals surface area contributed by atoms with E-state index in [0.29, 0.717) is 0 Å². The lowest BCUT2D eigenvalue weighted by atomic mass is 9.96. The van der Waals surface area contributed by atoms with Crippen LogP contribution in [0.25, 0.3) is 0 Å². The Bertz CT molecular complexity index is 1220. The minimum Gasteiger partial charge on any atom is -0.465 e. The molecule has 2 aromatic carbocycles. The lowest BCUT2D eigenvalue weighted by molar-refractivity contribution is -0.145. The number of esters is 2. The first-order valence-electron chi connectivity index (χ1n) is 10.5. The van der Waals surface area contributed by atoms with Crippen molar-refractivity contribution in [2.24, 2.45) is 11.8 Å². The largest absolute Gasteiger partial charge is 0.465 e. The van der Waals surface area contributed by atoms with Crippen LogP contribution in [0.1, 0.15) is 71.2 Å². The maximum atomic E-state index is 13.1. The number of hydrogen-bond acceptors (Lipinski definition) is 9.